The first-order valence-electron chi connectivity index (χ1n) is 5.11. The zero-order valence-corrected chi connectivity index (χ0v) is 10.4. The summed E-state index contributed by atoms with van der Waals surface area (Å²) < 4.78 is 73.0. The summed E-state index contributed by atoms with van der Waals surface area (Å²) in [7, 11) is 0. The molecule has 0 spiro atoms. The summed E-state index contributed by atoms with van der Waals surface area (Å²) in [6.45, 7) is -2.38. The summed E-state index contributed by atoms with van der Waals surface area (Å²) >= 11 is 0.952. The lowest BCUT2D eigenvalue weighted by atomic mass is 10.3. The molecule has 1 aromatic rings. The van der Waals surface area contributed by atoms with E-state index >= 15 is 0 Å². The van der Waals surface area contributed by atoms with Crippen LogP contribution in [-0.2, 0) is 6.54 Å². The van der Waals surface area contributed by atoms with E-state index in [1.54, 1.807) is 0 Å². The minimum atomic E-state index is -4.55. The van der Waals surface area contributed by atoms with Crippen LogP contribution in [-0.4, -0.2) is 35.3 Å². The third kappa shape index (κ3) is 7.21. The smallest absolute Gasteiger partial charge is 0.375 e. The minimum Gasteiger partial charge on any atom is -0.375 e. The quantitative estimate of drug-likeness (QED) is 0.850. The predicted molar refractivity (Wildman–Crippen MR) is 58.5 cm³/mol. The fourth-order valence-electron chi connectivity index (χ4n) is 1.37. The van der Waals surface area contributed by atoms with Crippen LogP contribution in [0.25, 0.3) is 0 Å². The summed E-state index contributed by atoms with van der Waals surface area (Å²) in [6.07, 6.45) is -9.08. The van der Waals surface area contributed by atoms with E-state index < -0.39 is 31.9 Å². The Morgan fingerprint density at radius 1 is 1.16 bits per heavy atom. The highest BCUT2D eigenvalue weighted by molar-refractivity contribution is 7.15. The molecule has 0 amide bonds. The molecule has 0 aliphatic carbocycles. The number of hydrogen-bond acceptors (Lipinski definition) is 4. The van der Waals surface area contributed by atoms with Crippen molar-refractivity contribution in [2.45, 2.75) is 25.3 Å². The molecular weight excluding hydrogens is 296 g/mol. The summed E-state index contributed by atoms with van der Waals surface area (Å²) in [6, 6.07) is 0. The van der Waals surface area contributed by atoms with Crippen molar-refractivity contribution in [1.82, 2.24) is 9.88 Å². The van der Waals surface area contributed by atoms with Gasteiger partial charge in [-0.25, -0.2) is 4.98 Å². The molecule has 0 saturated heterocycles. The Morgan fingerprint density at radius 2 is 1.79 bits per heavy atom. The lowest BCUT2D eigenvalue weighted by Crippen LogP contribution is -2.36. The van der Waals surface area contributed by atoms with Crippen LogP contribution in [0, 0.1) is 0 Å². The highest BCUT2D eigenvalue weighted by Crippen LogP contribution is 2.24. The second-order valence-electron chi connectivity index (χ2n) is 3.86. The van der Waals surface area contributed by atoms with Gasteiger partial charge in [0.05, 0.1) is 13.0 Å². The van der Waals surface area contributed by atoms with Crippen molar-refractivity contribution < 1.29 is 26.3 Å². The molecule has 0 aliphatic rings. The van der Waals surface area contributed by atoms with Gasteiger partial charge in [0.25, 0.3) is 0 Å². The predicted octanol–water partition coefficient (Wildman–Crippen LogP) is 3.04. The summed E-state index contributed by atoms with van der Waals surface area (Å²) in [4.78, 5) is 4.71. The first kappa shape index (κ1) is 16.0. The number of rotatable bonds is 5. The Bertz CT molecular complexity index is 399. The zero-order chi connectivity index (χ0) is 14.7. The van der Waals surface area contributed by atoms with Crippen molar-refractivity contribution in [3.8, 4) is 0 Å². The highest BCUT2D eigenvalue weighted by atomic mass is 32.1. The van der Waals surface area contributed by atoms with Gasteiger partial charge in [-0.3, -0.25) is 4.90 Å². The molecule has 2 N–H and O–H groups in total. The van der Waals surface area contributed by atoms with Crippen LogP contribution in [0.1, 0.15) is 11.3 Å². The lowest BCUT2D eigenvalue weighted by Gasteiger charge is -2.23. The molecule has 1 rings (SSSR count). The van der Waals surface area contributed by atoms with Gasteiger partial charge in [-0.15, -0.1) is 11.3 Å². The maximum absolute atomic E-state index is 12.3. The third-order valence-corrected chi connectivity index (χ3v) is 2.88. The summed E-state index contributed by atoms with van der Waals surface area (Å²) in [5, 5.41) is 0.165. The fraction of sp³-hybridized carbons (Fsp3) is 0.667. The second kappa shape index (κ2) is 5.95. The van der Waals surface area contributed by atoms with Gasteiger partial charge in [0.15, 0.2) is 5.13 Å². The van der Waals surface area contributed by atoms with Crippen LogP contribution in [0.3, 0.4) is 0 Å². The van der Waals surface area contributed by atoms with E-state index in [1.165, 1.54) is 6.20 Å². The Labute approximate surface area is 109 Å². The first-order chi connectivity index (χ1) is 8.55. The topological polar surface area (TPSA) is 42.1 Å². The average molecular weight is 307 g/mol. The zero-order valence-electron chi connectivity index (χ0n) is 9.55. The number of halogens is 6. The van der Waals surface area contributed by atoms with E-state index in [4.69, 9.17) is 5.73 Å². The van der Waals surface area contributed by atoms with Crippen molar-refractivity contribution in [2.24, 2.45) is 0 Å². The van der Waals surface area contributed by atoms with Gasteiger partial charge in [-0.1, -0.05) is 0 Å². The molecule has 1 heterocycles. The Hall–Kier alpha value is -1.03. The molecule has 10 heteroatoms. The minimum absolute atomic E-state index is 0.165. The Morgan fingerprint density at radius 3 is 2.21 bits per heavy atom. The monoisotopic (exact) mass is 307 g/mol. The molecule has 0 aliphatic heterocycles. The van der Waals surface area contributed by atoms with E-state index in [0.29, 0.717) is 9.78 Å². The van der Waals surface area contributed by atoms with Gasteiger partial charge < -0.3 is 5.73 Å². The van der Waals surface area contributed by atoms with Gasteiger partial charge in [0.2, 0.25) is 0 Å². The fourth-order valence-corrected chi connectivity index (χ4v) is 2.10. The van der Waals surface area contributed by atoms with E-state index in [-0.39, 0.29) is 11.7 Å². The van der Waals surface area contributed by atoms with Gasteiger partial charge >= 0.3 is 12.4 Å². The number of thiazole rings is 1. The first-order valence-corrected chi connectivity index (χ1v) is 5.93. The van der Waals surface area contributed by atoms with Crippen LogP contribution < -0.4 is 5.73 Å². The van der Waals surface area contributed by atoms with E-state index in [1.807, 2.05) is 0 Å². The third-order valence-electron chi connectivity index (χ3n) is 2.07. The molecule has 3 nitrogen and oxygen atoms in total. The van der Waals surface area contributed by atoms with E-state index in [2.05, 4.69) is 4.98 Å². The molecule has 0 unspecified atom stereocenters. The van der Waals surface area contributed by atoms with Crippen LogP contribution in [0.2, 0.25) is 0 Å². The number of nitrogens with two attached hydrogens (primary N) is 1. The number of nitrogens with zero attached hydrogens (tertiary/aromatic N) is 2. The number of alkyl halides is 6. The molecule has 0 saturated carbocycles. The van der Waals surface area contributed by atoms with Crippen molar-refractivity contribution in [2.75, 3.05) is 18.8 Å². The molecule has 0 atom stereocenters. The van der Waals surface area contributed by atoms with Gasteiger partial charge in [0.1, 0.15) is 0 Å². The largest absolute Gasteiger partial charge is 0.401 e. The van der Waals surface area contributed by atoms with E-state index in [9.17, 15) is 26.3 Å². The summed E-state index contributed by atoms with van der Waals surface area (Å²) in [5.74, 6) is 0. The van der Waals surface area contributed by atoms with Crippen molar-refractivity contribution in [1.29, 1.82) is 0 Å². The molecule has 110 valence electrons. The molecule has 0 bridgehead atoms. The van der Waals surface area contributed by atoms with Crippen LogP contribution in [0.4, 0.5) is 31.5 Å². The second-order valence-corrected chi connectivity index (χ2v) is 5.00. The highest BCUT2D eigenvalue weighted by Gasteiger charge is 2.34. The van der Waals surface area contributed by atoms with Crippen LogP contribution in [0.5, 0.6) is 0 Å². The molecule has 0 aromatic carbocycles. The average Bonchev–Trinajstić information content (AvgIpc) is 2.57. The molecule has 0 fully saturated rings. The molecule has 1 aromatic heterocycles. The van der Waals surface area contributed by atoms with Crippen molar-refractivity contribution in [3.63, 3.8) is 0 Å². The molecule has 19 heavy (non-hydrogen) atoms. The summed E-state index contributed by atoms with van der Waals surface area (Å²) in [5.41, 5.74) is 5.31. The SMILES string of the molecule is Nc1ncc(CN(CCC(F)(F)F)CC(F)(F)F)s1. The van der Waals surface area contributed by atoms with Gasteiger partial charge in [-0.2, -0.15) is 26.3 Å². The Kier molecular flexibility index (Phi) is 5.02. The van der Waals surface area contributed by atoms with Crippen molar-refractivity contribution >= 4 is 16.5 Å². The van der Waals surface area contributed by atoms with E-state index in [0.717, 1.165) is 11.3 Å². The van der Waals surface area contributed by atoms with Crippen LogP contribution in [0.15, 0.2) is 6.20 Å². The number of aromatic nitrogens is 1. The molecular formula is C9H11F6N3S. The lowest BCUT2D eigenvalue weighted by molar-refractivity contribution is -0.161. The Balaban J connectivity index is 2.63. The normalized spacial score (nSPS) is 13.2. The van der Waals surface area contributed by atoms with Crippen LogP contribution >= 0.6 is 11.3 Å². The maximum Gasteiger partial charge on any atom is 0.401 e. The standard InChI is InChI=1S/C9H11F6N3S/c10-8(11,12)1-2-18(5-9(13,14)15)4-6-3-17-7(16)19-6/h3H,1-2,4-5H2,(H2,16,17). The molecule has 0 radical (unpaired) electrons. The van der Waals surface area contributed by atoms with Crippen molar-refractivity contribution in [3.05, 3.63) is 11.1 Å². The number of anilines is 1. The number of hydrogen-bond donors (Lipinski definition) is 1. The van der Waals surface area contributed by atoms with Gasteiger partial charge in [0, 0.05) is 24.2 Å². The number of nitrogen functional groups attached to an aromatic ring is 1. The maximum atomic E-state index is 12.3. The van der Waals surface area contributed by atoms with Gasteiger partial charge in [-0.05, 0) is 0 Å².